The first kappa shape index (κ1) is 20.8. The summed E-state index contributed by atoms with van der Waals surface area (Å²) in [6.45, 7) is 0.932. The number of alkyl halides is 2. The molecule has 0 saturated heterocycles. The van der Waals surface area contributed by atoms with E-state index in [1.807, 2.05) is 24.4 Å². The van der Waals surface area contributed by atoms with Crippen molar-refractivity contribution in [3.63, 3.8) is 0 Å². The van der Waals surface area contributed by atoms with Gasteiger partial charge in [0.1, 0.15) is 0 Å². The number of rotatable bonds is 6. The molecule has 2 aliphatic rings. The maximum Gasteiger partial charge on any atom is 0.248 e. The summed E-state index contributed by atoms with van der Waals surface area (Å²) in [7, 11) is 0. The monoisotopic (exact) mass is 421 g/mol. The Hall–Kier alpha value is -1.42. The lowest BCUT2D eigenvalue weighted by molar-refractivity contribution is -0.0464. The van der Waals surface area contributed by atoms with Gasteiger partial charge in [0.25, 0.3) is 0 Å². The first-order chi connectivity index (χ1) is 13.9. The lowest BCUT2D eigenvalue weighted by Crippen LogP contribution is -2.24. The molecule has 29 heavy (non-hydrogen) atoms. The van der Waals surface area contributed by atoms with E-state index >= 15 is 0 Å². The van der Waals surface area contributed by atoms with Gasteiger partial charge in [-0.1, -0.05) is 36.9 Å². The molecule has 158 valence electrons. The number of hydrogen-bond acceptors (Lipinski definition) is 1. The summed E-state index contributed by atoms with van der Waals surface area (Å²) in [5.74, 6) is -1.54. The van der Waals surface area contributed by atoms with Crippen LogP contribution < -0.4 is 0 Å². The third kappa shape index (κ3) is 4.84. The normalized spacial score (nSPS) is 20.9. The van der Waals surface area contributed by atoms with E-state index in [0.29, 0.717) is 42.2 Å². The molecule has 2 nitrogen and oxygen atoms in total. The second kappa shape index (κ2) is 8.75. The first-order valence-electron chi connectivity index (χ1n) is 11.1. The van der Waals surface area contributed by atoms with Gasteiger partial charge in [-0.05, 0) is 56.1 Å². The van der Waals surface area contributed by atoms with E-state index in [4.69, 9.17) is 11.6 Å². The van der Waals surface area contributed by atoms with Gasteiger partial charge in [-0.25, -0.2) is 8.78 Å². The second-order valence-electron chi connectivity index (χ2n) is 9.09. The van der Waals surface area contributed by atoms with Gasteiger partial charge in [-0.3, -0.25) is 4.79 Å². The average Bonchev–Trinajstić information content (AvgIpc) is 3.08. The maximum absolute atomic E-state index is 13.4. The molecule has 2 fully saturated rings. The quantitative estimate of drug-likeness (QED) is 0.438. The van der Waals surface area contributed by atoms with Crippen molar-refractivity contribution in [2.24, 2.45) is 11.8 Å². The van der Waals surface area contributed by atoms with Crippen molar-refractivity contribution < 1.29 is 13.6 Å². The smallest absolute Gasteiger partial charge is 0.248 e. The molecule has 1 aromatic heterocycles. The fourth-order valence-corrected chi connectivity index (χ4v) is 5.45. The highest BCUT2D eigenvalue weighted by Gasteiger charge is 2.35. The zero-order valence-corrected chi connectivity index (χ0v) is 17.7. The number of Topliss-reactive ketones (excluding diaryl/α,β-unsaturated/α-hetero) is 1. The van der Waals surface area contributed by atoms with Crippen LogP contribution in [-0.2, 0) is 6.54 Å². The molecule has 1 heterocycles. The van der Waals surface area contributed by atoms with Gasteiger partial charge in [0.2, 0.25) is 5.92 Å². The molecule has 0 bridgehead atoms. The van der Waals surface area contributed by atoms with Crippen LogP contribution in [0.3, 0.4) is 0 Å². The molecule has 4 rings (SSSR count). The summed E-state index contributed by atoms with van der Waals surface area (Å²) in [6, 6.07) is 5.83. The van der Waals surface area contributed by atoms with Crippen molar-refractivity contribution >= 4 is 28.3 Å². The Labute approximate surface area is 176 Å². The number of halogens is 3. The highest BCUT2D eigenvalue weighted by atomic mass is 35.5. The van der Waals surface area contributed by atoms with E-state index in [1.54, 1.807) is 0 Å². The van der Waals surface area contributed by atoms with E-state index in [1.165, 1.54) is 32.1 Å². The van der Waals surface area contributed by atoms with Gasteiger partial charge in [0, 0.05) is 43.0 Å². The molecule has 0 amide bonds. The van der Waals surface area contributed by atoms with Crippen LogP contribution in [-0.4, -0.2) is 16.3 Å². The van der Waals surface area contributed by atoms with Crippen LogP contribution in [0.1, 0.15) is 81.0 Å². The topological polar surface area (TPSA) is 22.0 Å². The van der Waals surface area contributed by atoms with Crippen molar-refractivity contribution in [1.29, 1.82) is 0 Å². The molecule has 2 aromatic rings. The minimum Gasteiger partial charge on any atom is -0.346 e. The van der Waals surface area contributed by atoms with Crippen molar-refractivity contribution in [3.05, 3.63) is 35.0 Å². The molecule has 2 saturated carbocycles. The third-order valence-corrected chi connectivity index (χ3v) is 7.27. The maximum atomic E-state index is 13.4. The number of fused-ring (bicyclic) bond motifs is 1. The van der Waals surface area contributed by atoms with Gasteiger partial charge >= 0.3 is 0 Å². The summed E-state index contributed by atoms with van der Waals surface area (Å²) in [4.78, 5) is 13.1. The van der Waals surface area contributed by atoms with Gasteiger partial charge < -0.3 is 4.57 Å². The molecule has 0 unspecified atom stereocenters. The number of carbonyl (C=O) groups excluding carboxylic acids is 1. The molecule has 0 aliphatic heterocycles. The van der Waals surface area contributed by atoms with E-state index < -0.39 is 5.92 Å². The lowest BCUT2D eigenvalue weighted by atomic mass is 9.83. The second-order valence-corrected chi connectivity index (χ2v) is 9.50. The van der Waals surface area contributed by atoms with E-state index in [0.717, 1.165) is 17.4 Å². The lowest BCUT2D eigenvalue weighted by Gasteiger charge is -2.27. The highest BCUT2D eigenvalue weighted by Crippen LogP contribution is 2.38. The Balaban J connectivity index is 1.49. The standard InChI is InChI=1S/C24H30ClF2NO/c25-20-7-4-8-21-23(20)19(16-28(21)15-18-5-2-1-3-6-18)22(29)10-9-17-11-13-24(26,27)14-12-17/h4,7-8,16-18H,1-3,5-6,9-15H2. The summed E-state index contributed by atoms with van der Waals surface area (Å²) < 4.78 is 29.0. The van der Waals surface area contributed by atoms with Crippen molar-refractivity contribution in [3.8, 4) is 0 Å². The largest absolute Gasteiger partial charge is 0.346 e. The van der Waals surface area contributed by atoms with Gasteiger partial charge in [-0.2, -0.15) is 0 Å². The van der Waals surface area contributed by atoms with Gasteiger partial charge in [0.05, 0.1) is 10.5 Å². The molecule has 1 aromatic carbocycles. The molecule has 0 spiro atoms. The number of hydrogen-bond donors (Lipinski definition) is 0. The van der Waals surface area contributed by atoms with Crippen LogP contribution in [0.15, 0.2) is 24.4 Å². The van der Waals surface area contributed by atoms with E-state index in [-0.39, 0.29) is 24.5 Å². The fourth-order valence-electron chi connectivity index (χ4n) is 5.18. The number of carbonyl (C=O) groups is 1. The minimum atomic E-state index is -2.51. The fraction of sp³-hybridized carbons (Fsp3) is 0.625. The Morgan fingerprint density at radius 2 is 1.79 bits per heavy atom. The molecule has 0 radical (unpaired) electrons. The molecule has 0 atom stereocenters. The first-order valence-corrected chi connectivity index (χ1v) is 11.5. The van der Waals surface area contributed by atoms with Crippen LogP contribution in [0.2, 0.25) is 5.02 Å². The van der Waals surface area contributed by atoms with Crippen LogP contribution >= 0.6 is 11.6 Å². The molecular formula is C24H30ClF2NO. The van der Waals surface area contributed by atoms with E-state index in [9.17, 15) is 13.6 Å². The third-order valence-electron chi connectivity index (χ3n) is 6.95. The van der Waals surface area contributed by atoms with Crippen molar-refractivity contribution in [2.45, 2.75) is 83.1 Å². The minimum absolute atomic E-state index is 0.0433. The summed E-state index contributed by atoms with van der Waals surface area (Å²) in [5.41, 5.74) is 1.73. The number of ketones is 1. The average molecular weight is 422 g/mol. The van der Waals surface area contributed by atoms with E-state index in [2.05, 4.69) is 4.57 Å². The van der Waals surface area contributed by atoms with Crippen molar-refractivity contribution in [1.82, 2.24) is 4.57 Å². The summed E-state index contributed by atoms with van der Waals surface area (Å²) >= 11 is 6.49. The number of benzene rings is 1. The number of nitrogens with zero attached hydrogens (tertiary/aromatic N) is 1. The number of aromatic nitrogens is 1. The SMILES string of the molecule is O=C(CCC1CCC(F)(F)CC1)c1cn(CC2CCCCC2)c2cccc(Cl)c12. The Bertz CT molecular complexity index is 859. The zero-order chi connectivity index (χ0) is 20.4. The van der Waals surface area contributed by atoms with Crippen LogP contribution in [0, 0.1) is 11.8 Å². The molecule has 2 aliphatic carbocycles. The zero-order valence-electron chi connectivity index (χ0n) is 16.9. The highest BCUT2D eigenvalue weighted by molar-refractivity contribution is 6.37. The summed E-state index contributed by atoms with van der Waals surface area (Å²) in [6.07, 6.45) is 10.4. The van der Waals surface area contributed by atoms with Crippen LogP contribution in [0.4, 0.5) is 8.78 Å². The van der Waals surface area contributed by atoms with Crippen LogP contribution in [0.5, 0.6) is 0 Å². The van der Waals surface area contributed by atoms with Gasteiger partial charge in [-0.15, -0.1) is 0 Å². The summed E-state index contributed by atoms with van der Waals surface area (Å²) in [5, 5.41) is 1.47. The molecule has 0 N–H and O–H groups in total. The van der Waals surface area contributed by atoms with Crippen LogP contribution in [0.25, 0.3) is 10.9 Å². The molecular weight excluding hydrogens is 392 g/mol. The predicted octanol–water partition coefficient (Wildman–Crippen LogP) is 7.66. The van der Waals surface area contributed by atoms with Crippen molar-refractivity contribution in [2.75, 3.05) is 0 Å². The van der Waals surface area contributed by atoms with Gasteiger partial charge in [0.15, 0.2) is 5.78 Å². The Kier molecular flexibility index (Phi) is 6.29. The Morgan fingerprint density at radius 1 is 1.07 bits per heavy atom. The molecule has 5 heteroatoms. The predicted molar refractivity (Wildman–Crippen MR) is 114 cm³/mol. The Morgan fingerprint density at radius 3 is 2.52 bits per heavy atom.